The summed E-state index contributed by atoms with van der Waals surface area (Å²) in [6, 6.07) is 9.15. The highest BCUT2D eigenvalue weighted by molar-refractivity contribution is 6.22. The van der Waals surface area contributed by atoms with Crippen LogP contribution in [0.25, 0.3) is 32.8 Å². The van der Waals surface area contributed by atoms with E-state index in [0.717, 1.165) is 0 Å². The zero-order chi connectivity index (χ0) is 16.7. The number of nitriles is 3. The van der Waals surface area contributed by atoms with Crippen LogP contribution >= 0.6 is 0 Å². The van der Waals surface area contributed by atoms with Gasteiger partial charge in [-0.1, -0.05) is 6.07 Å². The summed E-state index contributed by atoms with van der Waals surface area (Å²) in [6.45, 7) is 0. The molecule has 0 radical (unpaired) electrons. The molecule has 0 spiro atoms. The van der Waals surface area contributed by atoms with Crippen LogP contribution in [0.5, 0.6) is 0 Å². The van der Waals surface area contributed by atoms with Crippen LogP contribution in [-0.2, 0) is 0 Å². The van der Waals surface area contributed by atoms with Crippen LogP contribution in [0, 0.1) is 34.0 Å². The SMILES string of the molecule is N#Cc1nc2c3nnnnc3c3ncccc3c2c(C#N)c1C#N. The van der Waals surface area contributed by atoms with Gasteiger partial charge in [-0.3, -0.25) is 4.98 Å². The summed E-state index contributed by atoms with van der Waals surface area (Å²) in [6.07, 6.45) is 1.57. The Bertz CT molecular complexity index is 1290. The van der Waals surface area contributed by atoms with E-state index < -0.39 is 0 Å². The maximum Gasteiger partial charge on any atom is 0.160 e. The lowest BCUT2D eigenvalue weighted by molar-refractivity contribution is 0.799. The van der Waals surface area contributed by atoms with Gasteiger partial charge in [0.2, 0.25) is 0 Å². The number of benzene rings is 1. The van der Waals surface area contributed by atoms with Crippen molar-refractivity contribution in [2.24, 2.45) is 0 Å². The number of aromatic nitrogens is 6. The molecule has 24 heavy (non-hydrogen) atoms. The molecule has 0 aliphatic heterocycles. The Morgan fingerprint density at radius 3 is 2.17 bits per heavy atom. The number of hydrogen-bond donors (Lipinski definition) is 0. The Kier molecular flexibility index (Phi) is 2.72. The number of fused-ring (bicyclic) bond motifs is 6. The molecule has 4 rings (SSSR count). The van der Waals surface area contributed by atoms with Crippen LogP contribution in [0.2, 0.25) is 0 Å². The van der Waals surface area contributed by atoms with Crippen molar-refractivity contribution in [2.45, 2.75) is 0 Å². The summed E-state index contributed by atoms with van der Waals surface area (Å²) in [5, 5.41) is 44.1. The molecular formula is C15H3N9. The Morgan fingerprint density at radius 1 is 0.792 bits per heavy atom. The average molecular weight is 309 g/mol. The molecular weight excluding hydrogens is 306 g/mol. The van der Waals surface area contributed by atoms with Gasteiger partial charge in [0.1, 0.15) is 45.8 Å². The van der Waals surface area contributed by atoms with E-state index in [4.69, 9.17) is 0 Å². The predicted molar refractivity (Wildman–Crippen MR) is 79.9 cm³/mol. The summed E-state index contributed by atoms with van der Waals surface area (Å²) >= 11 is 0. The first kappa shape index (κ1) is 13.4. The molecule has 4 aromatic rings. The van der Waals surface area contributed by atoms with E-state index >= 15 is 0 Å². The normalized spacial score (nSPS) is 10.4. The molecule has 0 amide bonds. The van der Waals surface area contributed by atoms with Crippen molar-refractivity contribution in [3.8, 4) is 18.2 Å². The lowest BCUT2D eigenvalue weighted by Gasteiger charge is -2.09. The van der Waals surface area contributed by atoms with Crippen LogP contribution in [-0.4, -0.2) is 30.6 Å². The zero-order valence-electron chi connectivity index (χ0n) is 11.8. The highest BCUT2D eigenvalue weighted by atomic mass is 15.4. The van der Waals surface area contributed by atoms with Gasteiger partial charge in [-0.15, -0.1) is 10.2 Å². The Morgan fingerprint density at radius 2 is 1.50 bits per heavy atom. The summed E-state index contributed by atoms with van der Waals surface area (Å²) in [4.78, 5) is 8.50. The largest absolute Gasteiger partial charge is 0.254 e. The molecule has 0 unspecified atom stereocenters. The van der Waals surface area contributed by atoms with Crippen molar-refractivity contribution in [1.82, 2.24) is 30.6 Å². The summed E-state index contributed by atoms with van der Waals surface area (Å²) < 4.78 is 0. The molecule has 0 atom stereocenters. The van der Waals surface area contributed by atoms with Gasteiger partial charge in [0, 0.05) is 17.0 Å². The fourth-order valence-electron chi connectivity index (χ4n) is 2.66. The number of pyridine rings is 2. The van der Waals surface area contributed by atoms with Crippen molar-refractivity contribution < 1.29 is 0 Å². The fourth-order valence-corrected chi connectivity index (χ4v) is 2.66. The lowest BCUT2D eigenvalue weighted by atomic mass is 9.98. The fraction of sp³-hybridized carbons (Fsp3) is 0. The van der Waals surface area contributed by atoms with Crippen LogP contribution in [0.3, 0.4) is 0 Å². The van der Waals surface area contributed by atoms with Gasteiger partial charge in [0.05, 0.1) is 5.56 Å². The predicted octanol–water partition coefficient (Wildman–Crippen LogP) is 1.13. The molecule has 0 fully saturated rings. The monoisotopic (exact) mass is 309 g/mol. The molecule has 0 aliphatic carbocycles. The highest BCUT2D eigenvalue weighted by Gasteiger charge is 2.21. The maximum atomic E-state index is 9.58. The van der Waals surface area contributed by atoms with Crippen molar-refractivity contribution in [2.75, 3.05) is 0 Å². The van der Waals surface area contributed by atoms with Gasteiger partial charge < -0.3 is 0 Å². The minimum absolute atomic E-state index is 0.0533. The van der Waals surface area contributed by atoms with Crippen LogP contribution in [0.4, 0.5) is 0 Å². The minimum Gasteiger partial charge on any atom is -0.254 e. The van der Waals surface area contributed by atoms with E-state index in [1.807, 2.05) is 18.2 Å². The second-order valence-electron chi connectivity index (χ2n) is 4.75. The summed E-state index contributed by atoms with van der Waals surface area (Å²) in [5.74, 6) is 0. The molecule has 0 saturated carbocycles. The zero-order valence-corrected chi connectivity index (χ0v) is 11.8. The second kappa shape index (κ2) is 4.87. The summed E-state index contributed by atoms with van der Waals surface area (Å²) in [7, 11) is 0. The minimum atomic E-state index is -0.148. The third-order valence-electron chi connectivity index (χ3n) is 3.61. The smallest absolute Gasteiger partial charge is 0.160 e. The van der Waals surface area contributed by atoms with E-state index in [1.54, 1.807) is 18.3 Å². The Labute approximate surface area is 133 Å². The van der Waals surface area contributed by atoms with Crippen molar-refractivity contribution in [1.29, 1.82) is 15.8 Å². The van der Waals surface area contributed by atoms with E-state index in [2.05, 4.69) is 30.6 Å². The first-order valence-electron chi connectivity index (χ1n) is 6.60. The molecule has 1 aromatic carbocycles. The highest BCUT2D eigenvalue weighted by Crippen LogP contribution is 2.34. The summed E-state index contributed by atoms with van der Waals surface area (Å²) in [5.41, 5.74) is 1.19. The van der Waals surface area contributed by atoms with Gasteiger partial charge in [-0.25, -0.2) is 4.98 Å². The quantitative estimate of drug-likeness (QED) is 0.435. The van der Waals surface area contributed by atoms with E-state index in [0.29, 0.717) is 21.8 Å². The van der Waals surface area contributed by atoms with Gasteiger partial charge >= 0.3 is 0 Å². The van der Waals surface area contributed by atoms with Crippen molar-refractivity contribution >= 4 is 32.8 Å². The lowest BCUT2D eigenvalue weighted by Crippen LogP contribution is -2.02. The van der Waals surface area contributed by atoms with Gasteiger partial charge in [-0.2, -0.15) is 15.8 Å². The van der Waals surface area contributed by atoms with Crippen LogP contribution in [0.15, 0.2) is 18.3 Å². The second-order valence-corrected chi connectivity index (χ2v) is 4.75. The van der Waals surface area contributed by atoms with Crippen molar-refractivity contribution in [3.63, 3.8) is 0 Å². The molecule has 3 heterocycles. The van der Waals surface area contributed by atoms with Gasteiger partial charge in [0.25, 0.3) is 0 Å². The molecule has 9 heteroatoms. The Balaban J connectivity index is 2.47. The molecule has 0 saturated heterocycles. The number of nitrogens with zero attached hydrogens (tertiary/aromatic N) is 9. The van der Waals surface area contributed by atoms with E-state index in [1.165, 1.54) is 0 Å². The Hall–Kier alpha value is -4.29. The third kappa shape index (κ3) is 1.59. The van der Waals surface area contributed by atoms with E-state index in [-0.39, 0.29) is 27.9 Å². The number of hydrogen-bond acceptors (Lipinski definition) is 9. The maximum absolute atomic E-state index is 9.58. The first-order chi connectivity index (χ1) is 11.8. The number of rotatable bonds is 0. The molecule has 9 nitrogen and oxygen atoms in total. The standard InChI is InChI=1S/C15H3N9/c16-4-8-9(5-17)11-7-2-1-3-19-12(7)14-15(22-24-23-21-14)13(11)20-10(8)6-18/h1-3H. The van der Waals surface area contributed by atoms with Gasteiger partial charge in [-0.05, 0) is 16.5 Å². The molecule has 108 valence electrons. The topological polar surface area (TPSA) is 149 Å². The molecule has 0 bridgehead atoms. The van der Waals surface area contributed by atoms with Crippen LogP contribution in [0.1, 0.15) is 16.8 Å². The molecule has 3 aromatic heterocycles. The molecule has 0 aliphatic rings. The van der Waals surface area contributed by atoms with Crippen molar-refractivity contribution in [3.05, 3.63) is 35.2 Å². The molecule has 0 N–H and O–H groups in total. The first-order valence-corrected chi connectivity index (χ1v) is 6.60. The van der Waals surface area contributed by atoms with Gasteiger partial charge in [0.15, 0.2) is 5.69 Å². The third-order valence-corrected chi connectivity index (χ3v) is 3.61. The van der Waals surface area contributed by atoms with Crippen LogP contribution < -0.4 is 0 Å². The van der Waals surface area contributed by atoms with E-state index in [9.17, 15) is 15.8 Å². The average Bonchev–Trinajstić information content (AvgIpc) is 2.66.